The topological polar surface area (TPSA) is 41.6 Å². The summed E-state index contributed by atoms with van der Waals surface area (Å²) in [7, 11) is 1.58. The average Bonchev–Trinajstić information content (AvgIpc) is 2.49. The van der Waals surface area contributed by atoms with Crippen molar-refractivity contribution in [2.24, 2.45) is 0 Å². The normalized spacial score (nSPS) is 17.9. The van der Waals surface area contributed by atoms with Crippen LogP contribution in [0.15, 0.2) is 12.1 Å². The SMILES string of the molecule is COc1cc(Cl)c(C)cc1NC(=O)[C@H](C)N1CCCCCCC1. The van der Waals surface area contributed by atoms with Gasteiger partial charge in [-0.05, 0) is 51.4 Å². The van der Waals surface area contributed by atoms with Crippen molar-refractivity contribution in [3.05, 3.63) is 22.7 Å². The molecule has 1 N–H and O–H groups in total. The molecule has 0 bridgehead atoms. The minimum Gasteiger partial charge on any atom is -0.495 e. The fourth-order valence-corrected chi connectivity index (χ4v) is 3.15. The van der Waals surface area contributed by atoms with E-state index in [1.807, 2.05) is 19.9 Å². The van der Waals surface area contributed by atoms with Crippen molar-refractivity contribution in [1.82, 2.24) is 4.90 Å². The largest absolute Gasteiger partial charge is 0.495 e. The van der Waals surface area contributed by atoms with Gasteiger partial charge in [-0.3, -0.25) is 9.69 Å². The van der Waals surface area contributed by atoms with Crippen molar-refractivity contribution >= 4 is 23.2 Å². The molecule has 1 aliphatic rings. The molecule has 5 heteroatoms. The van der Waals surface area contributed by atoms with Crippen LogP contribution in [-0.4, -0.2) is 37.0 Å². The number of amides is 1. The molecule has 1 amide bonds. The van der Waals surface area contributed by atoms with E-state index in [1.165, 1.54) is 32.1 Å². The molecule has 0 aliphatic carbocycles. The van der Waals surface area contributed by atoms with Gasteiger partial charge in [-0.15, -0.1) is 0 Å². The number of rotatable bonds is 4. The van der Waals surface area contributed by atoms with Gasteiger partial charge in [0.05, 0.1) is 18.8 Å². The molecule has 2 rings (SSSR count). The molecule has 0 unspecified atom stereocenters. The number of halogens is 1. The number of hydrogen-bond donors (Lipinski definition) is 1. The molecule has 1 aliphatic heterocycles. The Labute approximate surface area is 144 Å². The van der Waals surface area contributed by atoms with Crippen LogP contribution in [-0.2, 0) is 4.79 Å². The Bertz CT molecular complexity index is 540. The summed E-state index contributed by atoms with van der Waals surface area (Å²) in [6, 6.07) is 3.46. The summed E-state index contributed by atoms with van der Waals surface area (Å²) in [5.74, 6) is 0.597. The monoisotopic (exact) mass is 338 g/mol. The van der Waals surface area contributed by atoms with E-state index in [0.717, 1.165) is 18.7 Å². The Kier molecular flexibility index (Phi) is 6.72. The van der Waals surface area contributed by atoms with Crippen molar-refractivity contribution < 1.29 is 9.53 Å². The highest BCUT2D eigenvalue weighted by molar-refractivity contribution is 6.31. The van der Waals surface area contributed by atoms with E-state index in [0.29, 0.717) is 16.5 Å². The van der Waals surface area contributed by atoms with Crippen LogP contribution in [0.2, 0.25) is 5.02 Å². The summed E-state index contributed by atoms with van der Waals surface area (Å²) < 4.78 is 5.33. The number of nitrogens with zero attached hydrogens (tertiary/aromatic N) is 1. The van der Waals surface area contributed by atoms with Crippen LogP contribution >= 0.6 is 11.6 Å². The second-order valence-electron chi connectivity index (χ2n) is 6.27. The minimum atomic E-state index is -0.145. The number of aryl methyl sites for hydroxylation is 1. The number of anilines is 1. The lowest BCUT2D eigenvalue weighted by molar-refractivity contribution is -0.120. The Hall–Kier alpha value is -1.26. The molecule has 23 heavy (non-hydrogen) atoms. The highest BCUT2D eigenvalue weighted by Gasteiger charge is 2.22. The van der Waals surface area contributed by atoms with Gasteiger partial charge in [0.25, 0.3) is 0 Å². The van der Waals surface area contributed by atoms with Gasteiger partial charge in [-0.25, -0.2) is 0 Å². The van der Waals surface area contributed by atoms with E-state index in [4.69, 9.17) is 16.3 Å². The highest BCUT2D eigenvalue weighted by atomic mass is 35.5. The molecule has 1 aromatic carbocycles. The average molecular weight is 339 g/mol. The van der Waals surface area contributed by atoms with E-state index >= 15 is 0 Å². The van der Waals surface area contributed by atoms with Gasteiger partial charge in [0.2, 0.25) is 5.91 Å². The first kappa shape index (κ1) is 18.1. The zero-order chi connectivity index (χ0) is 16.8. The predicted octanol–water partition coefficient (Wildman–Crippen LogP) is 4.25. The van der Waals surface area contributed by atoms with Crippen molar-refractivity contribution in [3.8, 4) is 5.75 Å². The van der Waals surface area contributed by atoms with Crippen molar-refractivity contribution in [1.29, 1.82) is 0 Å². The van der Waals surface area contributed by atoms with Crippen LogP contribution in [0.4, 0.5) is 5.69 Å². The summed E-state index contributed by atoms with van der Waals surface area (Å²) in [6.07, 6.45) is 6.17. The number of hydrogen-bond acceptors (Lipinski definition) is 3. The molecule has 0 spiro atoms. The highest BCUT2D eigenvalue weighted by Crippen LogP contribution is 2.31. The minimum absolute atomic E-state index is 0.00518. The van der Waals surface area contributed by atoms with Gasteiger partial charge in [-0.1, -0.05) is 30.9 Å². The number of methoxy groups -OCH3 is 1. The number of ether oxygens (including phenoxy) is 1. The fourth-order valence-electron chi connectivity index (χ4n) is 2.99. The predicted molar refractivity (Wildman–Crippen MR) is 95.5 cm³/mol. The van der Waals surface area contributed by atoms with E-state index in [1.54, 1.807) is 13.2 Å². The summed E-state index contributed by atoms with van der Waals surface area (Å²) in [5.41, 5.74) is 1.60. The van der Waals surface area contributed by atoms with Crippen LogP contribution in [0.3, 0.4) is 0 Å². The smallest absolute Gasteiger partial charge is 0.241 e. The van der Waals surface area contributed by atoms with E-state index in [2.05, 4.69) is 10.2 Å². The summed E-state index contributed by atoms with van der Waals surface area (Å²) in [6.45, 7) is 5.88. The standard InChI is InChI=1S/C18H27ClN2O2/c1-13-11-16(17(23-3)12-15(13)19)20-18(22)14(2)21-9-7-5-4-6-8-10-21/h11-12,14H,4-10H2,1-3H3,(H,20,22)/t14-/m0/s1. The first-order valence-electron chi connectivity index (χ1n) is 8.42. The van der Waals surface area contributed by atoms with Crippen LogP contribution in [0, 0.1) is 6.92 Å². The third kappa shape index (κ3) is 4.85. The second-order valence-corrected chi connectivity index (χ2v) is 6.68. The van der Waals surface area contributed by atoms with Gasteiger partial charge in [0.1, 0.15) is 5.75 Å². The zero-order valence-electron chi connectivity index (χ0n) is 14.3. The molecule has 1 saturated heterocycles. The summed E-state index contributed by atoms with van der Waals surface area (Å²) in [5, 5.41) is 3.63. The lowest BCUT2D eigenvalue weighted by Crippen LogP contribution is -2.43. The molecule has 0 saturated carbocycles. The van der Waals surface area contributed by atoms with Crippen LogP contribution < -0.4 is 10.1 Å². The lowest BCUT2D eigenvalue weighted by Gasteiger charge is -2.29. The Morgan fingerprint density at radius 2 is 1.83 bits per heavy atom. The van der Waals surface area contributed by atoms with Gasteiger partial charge in [0.15, 0.2) is 0 Å². The maximum atomic E-state index is 12.6. The lowest BCUT2D eigenvalue weighted by atomic mass is 10.1. The molecule has 4 nitrogen and oxygen atoms in total. The molecule has 1 fully saturated rings. The van der Waals surface area contributed by atoms with E-state index in [9.17, 15) is 4.79 Å². The first-order valence-corrected chi connectivity index (χ1v) is 8.79. The number of carbonyl (C=O) groups excluding carboxylic acids is 1. The first-order chi connectivity index (χ1) is 11.0. The third-order valence-corrected chi connectivity index (χ3v) is 4.96. The number of benzene rings is 1. The maximum absolute atomic E-state index is 12.6. The van der Waals surface area contributed by atoms with Crippen molar-refractivity contribution in [2.45, 2.75) is 52.0 Å². The molecule has 128 valence electrons. The fraction of sp³-hybridized carbons (Fsp3) is 0.611. The molecule has 1 atom stereocenters. The molecular formula is C18H27ClN2O2. The Morgan fingerprint density at radius 3 is 2.43 bits per heavy atom. The summed E-state index contributed by atoms with van der Waals surface area (Å²) in [4.78, 5) is 14.9. The third-order valence-electron chi connectivity index (χ3n) is 4.56. The van der Waals surface area contributed by atoms with Gasteiger partial charge >= 0.3 is 0 Å². The quantitative estimate of drug-likeness (QED) is 0.892. The van der Waals surface area contributed by atoms with Gasteiger partial charge in [0, 0.05) is 11.1 Å². The van der Waals surface area contributed by atoms with Crippen molar-refractivity contribution in [3.63, 3.8) is 0 Å². The number of carbonyl (C=O) groups is 1. The molecule has 1 aromatic rings. The van der Waals surface area contributed by atoms with Crippen LogP contribution in [0.5, 0.6) is 5.75 Å². The van der Waals surface area contributed by atoms with Gasteiger partial charge < -0.3 is 10.1 Å². The van der Waals surface area contributed by atoms with E-state index in [-0.39, 0.29) is 11.9 Å². The van der Waals surface area contributed by atoms with Crippen molar-refractivity contribution in [2.75, 3.05) is 25.5 Å². The zero-order valence-corrected chi connectivity index (χ0v) is 15.1. The molecule has 1 heterocycles. The maximum Gasteiger partial charge on any atom is 0.241 e. The van der Waals surface area contributed by atoms with Gasteiger partial charge in [-0.2, -0.15) is 0 Å². The molecular weight excluding hydrogens is 312 g/mol. The number of nitrogens with one attached hydrogen (secondary N) is 1. The van der Waals surface area contributed by atoms with E-state index < -0.39 is 0 Å². The molecule has 0 aromatic heterocycles. The number of likely N-dealkylation sites (tertiary alicyclic amines) is 1. The Morgan fingerprint density at radius 1 is 1.22 bits per heavy atom. The summed E-state index contributed by atoms with van der Waals surface area (Å²) >= 11 is 6.12. The molecule has 0 radical (unpaired) electrons. The second kappa shape index (κ2) is 8.55. The Balaban J connectivity index is 2.06. The van der Waals surface area contributed by atoms with Crippen LogP contribution in [0.25, 0.3) is 0 Å². The van der Waals surface area contributed by atoms with Crippen LogP contribution in [0.1, 0.15) is 44.6 Å².